The van der Waals surface area contributed by atoms with E-state index >= 15 is 0 Å². The highest BCUT2D eigenvalue weighted by molar-refractivity contribution is 5.89. The lowest BCUT2D eigenvalue weighted by Gasteiger charge is -2.38. The molecule has 1 aliphatic rings. The maximum Gasteiger partial charge on any atom is 0.338 e. The summed E-state index contributed by atoms with van der Waals surface area (Å²) in [7, 11) is 0. The van der Waals surface area contributed by atoms with Crippen LogP contribution in [0, 0.1) is 5.82 Å². The number of benzene rings is 1. The van der Waals surface area contributed by atoms with Gasteiger partial charge in [-0.05, 0) is 44.4 Å². The molecule has 0 amide bonds. The van der Waals surface area contributed by atoms with Crippen LogP contribution in [-0.4, -0.2) is 29.3 Å². The van der Waals surface area contributed by atoms with Crippen molar-refractivity contribution in [2.75, 3.05) is 11.9 Å². The minimum atomic E-state index is -1.25. The SMILES string of the molecule is CCC1(C)CC(Nc2ccc(F)c(C(=O)O)c2)CCO1. The number of ether oxygens (including phenoxy) is 1. The number of anilines is 1. The maximum atomic E-state index is 13.3. The number of carboxylic acids is 1. The predicted molar refractivity (Wildman–Crippen MR) is 74.7 cm³/mol. The summed E-state index contributed by atoms with van der Waals surface area (Å²) in [5.74, 6) is -1.97. The summed E-state index contributed by atoms with van der Waals surface area (Å²) in [6.45, 7) is 4.84. The zero-order valence-electron chi connectivity index (χ0n) is 11.8. The van der Waals surface area contributed by atoms with Crippen molar-refractivity contribution < 1.29 is 19.0 Å². The second kappa shape index (κ2) is 5.79. The average molecular weight is 281 g/mol. The number of hydrogen-bond acceptors (Lipinski definition) is 3. The highest BCUT2D eigenvalue weighted by Crippen LogP contribution is 2.29. The lowest BCUT2D eigenvalue weighted by atomic mass is 9.90. The van der Waals surface area contributed by atoms with Crippen LogP contribution in [0.2, 0.25) is 0 Å². The third-order valence-corrected chi connectivity index (χ3v) is 3.91. The van der Waals surface area contributed by atoms with Gasteiger partial charge in [0.05, 0.1) is 11.2 Å². The van der Waals surface area contributed by atoms with E-state index in [1.807, 2.05) is 0 Å². The molecule has 1 aromatic carbocycles. The van der Waals surface area contributed by atoms with Crippen molar-refractivity contribution in [3.05, 3.63) is 29.6 Å². The average Bonchev–Trinajstić information content (AvgIpc) is 2.41. The molecule has 1 aromatic rings. The largest absolute Gasteiger partial charge is 0.478 e. The highest BCUT2D eigenvalue weighted by atomic mass is 19.1. The van der Waals surface area contributed by atoms with Crippen molar-refractivity contribution in [3.8, 4) is 0 Å². The van der Waals surface area contributed by atoms with Crippen LogP contribution in [0.15, 0.2) is 18.2 Å². The van der Waals surface area contributed by atoms with E-state index in [4.69, 9.17) is 9.84 Å². The van der Waals surface area contributed by atoms with Crippen LogP contribution in [-0.2, 0) is 4.74 Å². The molecule has 4 nitrogen and oxygen atoms in total. The number of nitrogens with one attached hydrogen (secondary N) is 1. The molecule has 2 unspecified atom stereocenters. The fourth-order valence-electron chi connectivity index (χ4n) is 2.51. The van der Waals surface area contributed by atoms with Gasteiger partial charge in [-0.3, -0.25) is 0 Å². The van der Waals surface area contributed by atoms with Gasteiger partial charge in [-0.25, -0.2) is 9.18 Å². The van der Waals surface area contributed by atoms with Gasteiger partial charge in [0, 0.05) is 18.3 Å². The van der Waals surface area contributed by atoms with Gasteiger partial charge in [0.1, 0.15) is 5.82 Å². The molecule has 1 saturated heterocycles. The minimum absolute atomic E-state index is 0.147. The Balaban J connectivity index is 2.10. The Labute approximate surface area is 117 Å². The lowest BCUT2D eigenvalue weighted by molar-refractivity contribution is -0.0708. The van der Waals surface area contributed by atoms with Crippen LogP contribution in [0.3, 0.4) is 0 Å². The molecule has 1 aliphatic heterocycles. The third-order valence-electron chi connectivity index (χ3n) is 3.91. The van der Waals surface area contributed by atoms with Crippen molar-refractivity contribution in [3.63, 3.8) is 0 Å². The molecular formula is C15H20FNO3. The number of halogens is 1. The molecule has 0 bridgehead atoms. The molecule has 1 fully saturated rings. The van der Waals surface area contributed by atoms with Crippen molar-refractivity contribution in [2.45, 2.75) is 44.8 Å². The second-order valence-corrected chi connectivity index (χ2v) is 5.49. The Morgan fingerprint density at radius 3 is 3.00 bits per heavy atom. The van der Waals surface area contributed by atoms with Crippen molar-refractivity contribution in [2.24, 2.45) is 0 Å². The summed E-state index contributed by atoms with van der Waals surface area (Å²) >= 11 is 0. The summed E-state index contributed by atoms with van der Waals surface area (Å²) < 4.78 is 19.1. The van der Waals surface area contributed by atoms with E-state index in [0.717, 1.165) is 19.3 Å². The minimum Gasteiger partial charge on any atom is -0.478 e. The second-order valence-electron chi connectivity index (χ2n) is 5.49. The molecule has 0 aliphatic carbocycles. The molecule has 0 saturated carbocycles. The van der Waals surface area contributed by atoms with Gasteiger partial charge >= 0.3 is 5.97 Å². The predicted octanol–water partition coefficient (Wildman–Crippen LogP) is 3.28. The fraction of sp³-hybridized carbons (Fsp3) is 0.533. The zero-order chi connectivity index (χ0) is 14.8. The number of rotatable bonds is 4. The Bertz CT molecular complexity index is 506. The highest BCUT2D eigenvalue weighted by Gasteiger charge is 2.31. The van der Waals surface area contributed by atoms with Gasteiger partial charge in [-0.2, -0.15) is 0 Å². The Hall–Kier alpha value is -1.62. The third kappa shape index (κ3) is 3.28. The lowest BCUT2D eigenvalue weighted by Crippen LogP contribution is -2.41. The van der Waals surface area contributed by atoms with Crippen LogP contribution in [0.25, 0.3) is 0 Å². The number of carboxylic acid groups (broad SMARTS) is 1. The van der Waals surface area contributed by atoms with E-state index < -0.39 is 11.8 Å². The quantitative estimate of drug-likeness (QED) is 0.889. The summed E-state index contributed by atoms with van der Waals surface area (Å²) in [6.07, 6.45) is 2.63. The van der Waals surface area contributed by atoms with Gasteiger partial charge in [-0.15, -0.1) is 0 Å². The first-order chi connectivity index (χ1) is 9.43. The molecule has 5 heteroatoms. The van der Waals surface area contributed by atoms with E-state index in [1.54, 1.807) is 6.07 Å². The van der Waals surface area contributed by atoms with E-state index in [-0.39, 0.29) is 17.2 Å². The molecule has 0 radical (unpaired) electrons. The first-order valence-electron chi connectivity index (χ1n) is 6.87. The standard InChI is InChI=1S/C15H20FNO3/c1-3-15(2)9-11(6-7-20-15)17-10-4-5-13(16)12(8-10)14(18)19/h4-5,8,11,17H,3,6-7,9H2,1-2H3,(H,18,19). The Kier molecular flexibility index (Phi) is 4.28. The number of aromatic carboxylic acids is 1. The van der Waals surface area contributed by atoms with Crippen molar-refractivity contribution in [1.82, 2.24) is 0 Å². The van der Waals surface area contributed by atoms with Gasteiger partial charge in [0.2, 0.25) is 0 Å². The molecule has 2 atom stereocenters. The first kappa shape index (κ1) is 14.8. The Morgan fingerprint density at radius 2 is 2.35 bits per heavy atom. The number of carbonyl (C=O) groups is 1. The summed E-state index contributed by atoms with van der Waals surface area (Å²) in [6, 6.07) is 4.31. The fourth-order valence-corrected chi connectivity index (χ4v) is 2.51. The van der Waals surface area contributed by atoms with Crippen LogP contribution < -0.4 is 5.32 Å². The van der Waals surface area contributed by atoms with Gasteiger partial charge in [-0.1, -0.05) is 6.92 Å². The van der Waals surface area contributed by atoms with E-state index in [2.05, 4.69) is 19.2 Å². The summed E-state index contributed by atoms with van der Waals surface area (Å²) in [5, 5.41) is 12.2. The summed E-state index contributed by atoms with van der Waals surface area (Å²) in [5.41, 5.74) is 0.181. The summed E-state index contributed by atoms with van der Waals surface area (Å²) in [4.78, 5) is 10.9. The van der Waals surface area contributed by atoms with Gasteiger partial charge < -0.3 is 15.2 Å². The van der Waals surface area contributed by atoms with E-state index in [0.29, 0.717) is 12.3 Å². The molecular weight excluding hydrogens is 261 g/mol. The molecule has 20 heavy (non-hydrogen) atoms. The molecule has 110 valence electrons. The smallest absolute Gasteiger partial charge is 0.338 e. The van der Waals surface area contributed by atoms with Crippen LogP contribution >= 0.6 is 0 Å². The van der Waals surface area contributed by atoms with Gasteiger partial charge in [0.25, 0.3) is 0 Å². The van der Waals surface area contributed by atoms with Crippen LogP contribution in [0.5, 0.6) is 0 Å². The van der Waals surface area contributed by atoms with Crippen LogP contribution in [0.4, 0.5) is 10.1 Å². The van der Waals surface area contributed by atoms with Crippen LogP contribution in [0.1, 0.15) is 43.5 Å². The Morgan fingerprint density at radius 1 is 1.60 bits per heavy atom. The monoisotopic (exact) mass is 281 g/mol. The zero-order valence-corrected chi connectivity index (χ0v) is 11.8. The van der Waals surface area contributed by atoms with Gasteiger partial charge in [0.15, 0.2) is 0 Å². The van der Waals surface area contributed by atoms with Crippen molar-refractivity contribution >= 4 is 11.7 Å². The molecule has 1 heterocycles. The van der Waals surface area contributed by atoms with E-state index in [9.17, 15) is 9.18 Å². The van der Waals surface area contributed by atoms with E-state index in [1.165, 1.54) is 12.1 Å². The molecule has 2 rings (SSSR count). The molecule has 0 spiro atoms. The number of hydrogen-bond donors (Lipinski definition) is 2. The van der Waals surface area contributed by atoms with Crippen molar-refractivity contribution in [1.29, 1.82) is 0 Å². The first-order valence-corrected chi connectivity index (χ1v) is 6.87. The topological polar surface area (TPSA) is 58.6 Å². The molecule has 0 aromatic heterocycles. The normalized spacial score (nSPS) is 26.2. The maximum absolute atomic E-state index is 13.3. The molecule has 2 N–H and O–H groups in total.